The summed E-state index contributed by atoms with van der Waals surface area (Å²) in [6.07, 6.45) is 0. The first-order valence-electron chi connectivity index (χ1n) is 3.72. The lowest BCUT2D eigenvalue weighted by Gasteiger charge is -1.84. The van der Waals surface area contributed by atoms with E-state index in [1.807, 2.05) is 26.0 Å². The highest BCUT2D eigenvalue weighted by atomic mass is 19.4. The molecular formula is C8H12BF4O+. The minimum atomic E-state index is -3.67. The van der Waals surface area contributed by atoms with Crippen LogP contribution in [0.25, 0.3) is 0 Å². The van der Waals surface area contributed by atoms with Crippen LogP contribution >= 0.6 is 0 Å². The Hall–Kier alpha value is -1.07. The Morgan fingerprint density at radius 3 is 1.50 bits per heavy atom. The molecule has 0 fully saturated rings. The van der Waals surface area contributed by atoms with Crippen molar-refractivity contribution in [2.75, 3.05) is 0 Å². The predicted molar refractivity (Wildman–Crippen MR) is 48.9 cm³/mol. The maximum absolute atomic E-state index is 9.67. The normalized spacial score (nSPS) is 8.14. The molecule has 0 unspecified atom stereocenters. The third kappa shape index (κ3) is 9.03. The molecule has 0 radical (unpaired) electrons. The molecule has 0 aromatic carbocycles. The largest absolute Gasteiger partial charge is 0.762 e. The van der Waals surface area contributed by atoms with Crippen molar-refractivity contribution in [3.05, 3.63) is 29.2 Å². The maximum Gasteiger partial charge on any atom is 0.762 e. The minimum Gasteiger partial charge on any atom is -0.269 e. The molecular weight excluding hydrogens is 199 g/mol. The van der Waals surface area contributed by atoms with Crippen molar-refractivity contribution in [3.8, 4) is 0 Å². The van der Waals surface area contributed by atoms with Crippen LogP contribution in [0.3, 0.4) is 0 Å². The van der Waals surface area contributed by atoms with Crippen LogP contribution in [0.15, 0.2) is 16.5 Å². The fraction of sp³-hybridized carbons (Fsp3) is 0.375. The zero-order chi connectivity index (χ0) is 10.4. The van der Waals surface area contributed by atoms with Gasteiger partial charge in [0.05, 0.1) is 13.8 Å². The van der Waals surface area contributed by atoms with Crippen molar-refractivity contribution in [1.82, 2.24) is 0 Å². The van der Waals surface area contributed by atoms with Gasteiger partial charge in [0.2, 0.25) is 0 Å². The Morgan fingerprint density at radius 2 is 1.29 bits per heavy atom. The molecule has 0 atom stereocenters. The summed E-state index contributed by atoms with van der Waals surface area (Å²) in [6, 6.07) is 4.04. The van der Waals surface area contributed by atoms with Gasteiger partial charge in [0.15, 0.2) is 0 Å². The molecule has 0 aliphatic heterocycles. The number of halogens is 4. The number of aryl methyl sites for hydroxylation is 3. The zero-order valence-corrected chi connectivity index (χ0v) is 8.18. The van der Waals surface area contributed by atoms with Gasteiger partial charge in [-0.1, -0.05) is 0 Å². The Bertz CT molecular complexity index is 214. The highest BCUT2D eigenvalue weighted by molar-refractivity contribution is 6.33. The molecule has 0 aliphatic rings. The molecule has 0 N–H and O–H groups in total. The Morgan fingerprint density at radius 1 is 1.00 bits per heavy atom. The first-order chi connectivity index (χ1) is 5.91. The second-order valence-electron chi connectivity index (χ2n) is 2.60. The van der Waals surface area contributed by atoms with Crippen LogP contribution < -0.4 is 0 Å². The predicted octanol–water partition coefficient (Wildman–Crippen LogP) is 3.52. The highest BCUT2D eigenvalue weighted by Gasteiger charge is 2.06. The van der Waals surface area contributed by atoms with Gasteiger partial charge in [-0.25, -0.2) is 4.42 Å². The second kappa shape index (κ2) is 7.35. The topological polar surface area (TPSA) is 11.3 Å². The molecule has 1 aromatic rings. The molecule has 1 rings (SSSR count). The van der Waals surface area contributed by atoms with Gasteiger partial charge in [0.25, 0.3) is 0 Å². The third-order valence-electron chi connectivity index (χ3n) is 1.18. The molecule has 1 heterocycles. The monoisotopic (exact) mass is 211 g/mol. The molecule has 1 nitrogen and oxygen atoms in total. The lowest BCUT2D eigenvalue weighted by Crippen LogP contribution is -1.78. The zero-order valence-electron chi connectivity index (χ0n) is 8.18. The summed E-state index contributed by atoms with van der Waals surface area (Å²) in [5, 5.41) is 0. The molecule has 0 spiro atoms. The SMILES string of the molecule is Cc1cc(C)[o+]c(C)c1.F.FB(F)F. The van der Waals surface area contributed by atoms with E-state index in [9.17, 15) is 12.9 Å². The second-order valence-corrected chi connectivity index (χ2v) is 2.60. The molecule has 14 heavy (non-hydrogen) atoms. The van der Waals surface area contributed by atoms with E-state index in [-0.39, 0.29) is 4.70 Å². The first kappa shape index (κ1) is 15.4. The number of rotatable bonds is 0. The minimum absolute atomic E-state index is 0. The molecule has 0 aliphatic carbocycles. The van der Waals surface area contributed by atoms with Crippen LogP contribution in [0, 0.1) is 20.8 Å². The van der Waals surface area contributed by atoms with E-state index in [4.69, 9.17) is 4.42 Å². The molecule has 6 heteroatoms. The van der Waals surface area contributed by atoms with Crippen molar-refractivity contribution in [1.29, 1.82) is 0 Å². The van der Waals surface area contributed by atoms with E-state index in [0.717, 1.165) is 11.5 Å². The molecule has 0 saturated carbocycles. The number of hydrogen-bond donors (Lipinski definition) is 0. The van der Waals surface area contributed by atoms with Gasteiger partial charge in [-0.3, -0.25) is 17.7 Å². The van der Waals surface area contributed by atoms with Gasteiger partial charge in [-0.15, -0.1) is 0 Å². The highest BCUT2D eigenvalue weighted by Crippen LogP contribution is 2.06. The van der Waals surface area contributed by atoms with E-state index in [1.165, 1.54) is 5.56 Å². The summed E-state index contributed by atoms with van der Waals surface area (Å²) >= 11 is 0. The summed E-state index contributed by atoms with van der Waals surface area (Å²) in [6.45, 7) is 5.98. The molecule has 0 amide bonds. The van der Waals surface area contributed by atoms with Crippen LogP contribution in [0.2, 0.25) is 0 Å². The van der Waals surface area contributed by atoms with Crippen LogP contribution in [-0.4, -0.2) is 7.54 Å². The Balaban J connectivity index is 0. The van der Waals surface area contributed by atoms with E-state index in [0.29, 0.717) is 0 Å². The van der Waals surface area contributed by atoms with Crippen LogP contribution in [0.4, 0.5) is 17.7 Å². The van der Waals surface area contributed by atoms with Gasteiger partial charge in [-0.2, -0.15) is 0 Å². The van der Waals surface area contributed by atoms with E-state index < -0.39 is 7.54 Å². The van der Waals surface area contributed by atoms with Crippen molar-refractivity contribution >= 4 is 7.54 Å². The average Bonchev–Trinajstić information content (AvgIpc) is 1.80. The van der Waals surface area contributed by atoms with Gasteiger partial charge >= 0.3 is 19.1 Å². The molecule has 80 valence electrons. The summed E-state index contributed by atoms with van der Waals surface area (Å²) in [5.74, 6) is 1.96. The fourth-order valence-electron chi connectivity index (χ4n) is 0.996. The number of hydrogen-bond acceptors (Lipinski definition) is 0. The summed E-state index contributed by atoms with van der Waals surface area (Å²) in [7, 11) is -3.67. The maximum atomic E-state index is 9.67. The van der Waals surface area contributed by atoms with Crippen LogP contribution in [0.1, 0.15) is 17.1 Å². The summed E-state index contributed by atoms with van der Waals surface area (Å²) in [5.41, 5.74) is 1.26. The lowest BCUT2D eigenvalue weighted by atomic mass is 10.2. The molecule has 0 saturated heterocycles. The van der Waals surface area contributed by atoms with Gasteiger partial charge in [0, 0.05) is 12.1 Å². The van der Waals surface area contributed by atoms with Gasteiger partial charge in [0.1, 0.15) is 0 Å². The Labute approximate surface area is 80.5 Å². The summed E-state index contributed by atoms with van der Waals surface area (Å²) < 4.78 is 34.3. The summed E-state index contributed by atoms with van der Waals surface area (Å²) in [4.78, 5) is 0. The Kier molecular flexibility index (Phi) is 8.09. The smallest absolute Gasteiger partial charge is 0.269 e. The van der Waals surface area contributed by atoms with Crippen molar-refractivity contribution in [3.63, 3.8) is 0 Å². The van der Waals surface area contributed by atoms with Crippen molar-refractivity contribution < 1.29 is 22.1 Å². The van der Waals surface area contributed by atoms with Gasteiger partial charge in [-0.05, 0) is 12.5 Å². The van der Waals surface area contributed by atoms with E-state index >= 15 is 0 Å². The van der Waals surface area contributed by atoms with Crippen molar-refractivity contribution in [2.24, 2.45) is 0 Å². The van der Waals surface area contributed by atoms with Crippen LogP contribution in [-0.2, 0) is 0 Å². The average molecular weight is 211 g/mol. The quantitative estimate of drug-likeness (QED) is 0.363. The molecule has 0 bridgehead atoms. The third-order valence-corrected chi connectivity index (χ3v) is 1.18. The van der Waals surface area contributed by atoms with Crippen LogP contribution in [0.5, 0.6) is 0 Å². The molecule has 1 aromatic heterocycles. The standard InChI is InChI=1S/C8H11O.BF3.FH/c1-6-4-7(2)9-8(3)5-6;2-1(3)4;/h4-5H,1-3H3;;1H/q+1;;. The van der Waals surface area contributed by atoms with Gasteiger partial charge < -0.3 is 0 Å². The lowest BCUT2D eigenvalue weighted by molar-refractivity contribution is 0.484. The van der Waals surface area contributed by atoms with Crippen molar-refractivity contribution in [2.45, 2.75) is 20.8 Å². The van der Waals surface area contributed by atoms with E-state index in [1.54, 1.807) is 0 Å². The fourth-order valence-corrected chi connectivity index (χ4v) is 0.996. The van der Waals surface area contributed by atoms with E-state index in [2.05, 4.69) is 6.92 Å². The first-order valence-corrected chi connectivity index (χ1v) is 3.72.